The van der Waals surface area contributed by atoms with Crippen LogP contribution in [0.25, 0.3) is 11.0 Å². The van der Waals surface area contributed by atoms with Gasteiger partial charge in [0.15, 0.2) is 17.1 Å². The quantitative estimate of drug-likeness (QED) is 0.578. The molecule has 0 aliphatic heterocycles. The van der Waals surface area contributed by atoms with Gasteiger partial charge in [0.2, 0.25) is 0 Å². The normalized spacial score (nSPS) is 10.8. The topological polar surface area (TPSA) is 86.0 Å². The van der Waals surface area contributed by atoms with Crippen LogP contribution in [-0.2, 0) is 0 Å². The number of rotatable bonds is 4. The van der Waals surface area contributed by atoms with Crippen LogP contribution in [0, 0.1) is 0 Å². The molecule has 1 aromatic heterocycles. The summed E-state index contributed by atoms with van der Waals surface area (Å²) in [6.45, 7) is 3.54. The minimum absolute atomic E-state index is 0.0253. The number of carbonyl (C=O) groups is 1. The molecule has 128 valence electrons. The Hall–Kier alpha value is -3.28. The average Bonchev–Trinajstić information content (AvgIpc) is 2.59. The Kier molecular flexibility index (Phi) is 4.43. The zero-order valence-corrected chi connectivity index (χ0v) is 13.7. The molecule has 3 aromatic rings. The predicted molar refractivity (Wildman–Crippen MR) is 91.3 cm³/mol. The van der Waals surface area contributed by atoms with E-state index in [1.807, 2.05) is 0 Å². The Morgan fingerprint density at radius 2 is 1.76 bits per heavy atom. The third-order valence-electron chi connectivity index (χ3n) is 3.38. The third kappa shape index (κ3) is 3.33. The molecule has 0 saturated heterocycles. The van der Waals surface area contributed by atoms with Crippen LogP contribution in [-0.4, -0.2) is 17.2 Å². The average molecular weight is 340 g/mol. The summed E-state index contributed by atoms with van der Waals surface area (Å²) in [6, 6.07) is 12.8. The number of hydrogen-bond donors (Lipinski definition) is 1. The summed E-state index contributed by atoms with van der Waals surface area (Å²) >= 11 is 0. The second kappa shape index (κ2) is 6.68. The molecule has 0 aliphatic rings. The second-order valence-electron chi connectivity index (χ2n) is 5.62. The number of phenolic OH excluding ortho intramolecular Hbond substituents is 1. The number of aromatic hydroxyl groups is 1. The van der Waals surface area contributed by atoms with Gasteiger partial charge in [-0.1, -0.05) is 24.3 Å². The summed E-state index contributed by atoms with van der Waals surface area (Å²) in [4.78, 5) is 24.6. The summed E-state index contributed by atoms with van der Waals surface area (Å²) in [5, 5.41) is 10.2. The molecule has 0 aliphatic carbocycles. The van der Waals surface area contributed by atoms with Crippen molar-refractivity contribution in [2.45, 2.75) is 20.0 Å². The fraction of sp³-hybridized carbons (Fsp3) is 0.158. The van der Waals surface area contributed by atoms with Crippen LogP contribution >= 0.6 is 0 Å². The number of carbonyl (C=O) groups excluding carboxylic acids is 1. The summed E-state index contributed by atoms with van der Waals surface area (Å²) in [6.07, 6.45) is -0.290. The first-order valence-electron chi connectivity index (χ1n) is 7.70. The van der Waals surface area contributed by atoms with Crippen molar-refractivity contribution in [3.05, 3.63) is 64.5 Å². The molecule has 0 fully saturated rings. The van der Waals surface area contributed by atoms with Crippen LogP contribution in [0.5, 0.6) is 17.2 Å². The summed E-state index contributed by atoms with van der Waals surface area (Å²) in [5.74, 6) is -1.20. The molecule has 0 radical (unpaired) electrons. The molecule has 0 saturated carbocycles. The van der Waals surface area contributed by atoms with E-state index in [0.29, 0.717) is 5.39 Å². The highest BCUT2D eigenvalue weighted by atomic mass is 16.6. The Bertz CT molecular complexity index is 972. The predicted octanol–water partition coefficient (Wildman–Crippen LogP) is 3.51. The highest BCUT2D eigenvalue weighted by molar-refractivity contribution is 5.94. The number of benzene rings is 2. The molecule has 0 bridgehead atoms. The minimum Gasteiger partial charge on any atom is -0.504 e. The lowest BCUT2D eigenvalue weighted by Crippen LogP contribution is -2.17. The molecule has 3 rings (SSSR count). The fourth-order valence-corrected chi connectivity index (χ4v) is 2.33. The van der Waals surface area contributed by atoms with Gasteiger partial charge in [0, 0.05) is 0 Å². The third-order valence-corrected chi connectivity index (χ3v) is 3.38. The van der Waals surface area contributed by atoms with E-state index in [-0.39, 0.29) is 34.5 Å². The number of ether oxygens (including phenoxy) is 2. The molecule has 2 aromatic carbocycles. The number of hydrogen-bond acceptors (Lipinski definition) is 6. The Balaban J connectivity index is 2.15. The number of esters is 1. The van der Waals surface area contributed by atoms with Gasteiger partial charge in [0.25, 0.3) is 5.75 Å². The number of phenols is 1. The van der Waals surface area contributed by atoms with E-state index in [0.717, 1.165) is 0 Å². The molecule has 6 nitrogen and oxygen atoms in total. The van der Waals surface area contributed by atoms with Crippen LogP contribution in [0.3, 0.4) is 0 Å². The van der Waals surface area contributed by atoms with Crippen molar-refractivity contribution in [1.29, 1.82) is 0 Å². The monoisotopic (exact) mass is 340 g/mol. The molecule has 0 spiro atoms. The molecule has 1 heterocycles. The molecular formula is C19H16O6. The van der Waals surface area contributed by atoms with Gasteiger partial charge in [-0.2, -0.15) is 0 Å². The Morgan fingerprint density at radius 1 is 1.04 bits per heavy atom. The van der Waals surface area contributed by atoms with E-state index in [9.17, 15) is 14.7 Å². The van der Waals surface area contributed by atoms with Gasteiger partial charge in [-0.15, -0.1) is 0 Å². The van der Waals surface area contributed by atoms with E-state index >= 15 is 0 Å². The lowest BCUT2D eigenvalue weighted by molar-refractivity contribution is 0.0718. The summed E-state index contributed by atoms with van der Waals surface area (Å²) in [7, 11) is 0. The maximum atomic E-state index is 12.3. The molecule has 1 N–H and O–H groups in total. The van der Waals surface area contributed by atoms with E-state index in [2.05, 4.69) is 0 Å². The Labute approximate surface area is 143 Å². The van der Waals surface area contributed by atoms with Gasteiger partial charge in [-0.05, 0) is 38.1 Å². The van der Waals surface area contributed by atoms with Crippen molar-refractivity contribution in [3.8, 4) is 17.2 Å². The van der Waals surface area contributed by atoms with Crippen molar-refractivity contribution < 1.29 is 23.8 Å². The lowest BCUT2D eigenvalue weighted by atomic mass is 10.2. The van der Waals surface area contributed by atoms with Crippen molar-refractivity contribution >= 4 is 16.9 Å². The maximum absolute atomic E-state index is 12.3. The van der Waals surface area contributed by atoms with Crippen LogP contribution in [0.15, 0.2) is 57.7 Å². The molecule has 0 amide bonds. The van der Waals surface area contributed by atoms with E-state index < -0.39 is 11.6 Å². The van der Waals surface area contributed by atoms with E-state index in [1.54, 1.807) is 56.3 Å². The first kappa shape index (κ1) is 16.6. The van der Waals surface area contributed by atoms with Crippen LogP contribution < -0.4 is 15.1 Å². The van der Waals surface area contributed by atoms with Crippen LogP contribution in [0.1, 0.15) is 24.2 Å². The van der Waals surface area contributed by atoms with Crippen molar-refractivity contribution in [2.24, 2.45) is 0 Å². The van der Waals surface area contributed by atoms with Crippen LogP contribution in [0.4, 0.5) is 0 Å². The SMILES string of the molecule is CC(C)Oc1c(OC(=O)c2ccccc2)c(=O)oc2c(O)cccc12. The highest BCUT2D eigenvalue weighted by Crippen LogP contribution is 2.37. The summed E-state index contributed by atoms with van der Waals surface area (Å²) < 4.78 is 16.1. The largest absolute Gasteiger partial charge is 0.504 e. The van der Waals surface area contributed by atoms with Gasteiger partial charge in [0.1, 0.15) is 0 Å². The van der Waals surface area contributed by atoms with E-state index in [1.165, 1.54) is 6.07 Å². The van der Waals surface area contributed by atoms with Crippen molar-refractivity contribution in [2.75, 3.05) is 0 Å². The molecule has 0 atom stereocenters. The van der Waals surface area contributed by atoms with Crippen LogP contribution in [0.2, 0.25) is 0 Å². The summed E-state index contributed by atoms with van der Waals surface area (Å²) in [5.41, 5.74) is -0.648. The van der Waals surface area contributed by atoms with Crippen molar-refractivity contribution in [3.63, 3.8) is 0 Å². The number of fused-ring (bicyclic) bond motifs is 1. The minimum atomic E-state index is -0.908. The van der Waals surface area contributed by atoms with Gasteiger partial charge >= 0.3 is 11.6 Å². The smallest absolute Gasteiger partial charge is 0.383 e. The van der Waals surface area contributed by atoms with Gasteiger partial charge in [-0.3, -0.25) is 0 Å². The first-order valence-corrected chi connectivity index (χ1v) is 7.70. The Morgan fingerprint density at radius 3 is 2.44 bits per heavy atom. The van der Waals surface area contributed by atoms with Gasteiger partial charge in [0.05, 0.1) is 17.1 Å². The van der Waals surface area contributed by atoms with E-state index in [4.69, 9.17) is 13.9 Å². The van der Waals surface area contributed by atoms with Gasteiger partial charge < -0.3 is 19.0 Å². The lowest BCUT2D eigenvalue weighted by Gasteiger charge is -2.15. The molecular weight excluding hydrogens is 324 g/mol. The maximum Gasteiger partial charge on any atom is 0.383 e. The second-order valence-corrected chi connectivity index (χ2v) is 5.62. The standard InChI is InChI=1S/C19H16O6/c1-11(2)23-16-13-9-6-10-14(20)15(13)24-19(22)17(16)25-18(21)12-7-4-3-5-8-12/h3-11,20H,1-2H3. The molecule has 6 heteroatoms. The molecule has 0 unspecified atom stereocenters. The number of para-hydroxylation sites is 1. The zero-order chi connectivity index (χ0) is 18.0. The highest BCUT2D eigenvalue weighted by Gasteiger charge is 2.23. The zero-order valence-electron chi connectivity index (χ0n) is 13.7. The first-order chi connectivity index (χ1) is 12.0. The van der Waals surface area contributed by atoms with Gasteiger partial charge in [-0.25, -0.2) is 9.59 Å². The fourth-order valence-electron chi connectivity index (χ4n) is 2.33. The molecule has 25 heavy (non-hydrogen) atoms. The van der Waals surface area contributed by atoms with Crippen molar-refractivity contribution in [1.82, 2.24) is 0 Å².